The number of halogens is 3. The fourth-order valence-electron chi connectivity index (χ4n) is 2.28. The Bertz CT molecular complexity index is 488. The van der Waals surface area contributed by atoms with Gasteiger partial charge in [-0.05, 0) is 34.8 Å². The van der Waals surface area contributed by atoms with Gasteiger partial charge in [0, 0.05) is 23.6 Å². The highest BCUT2D eigenvalue weighted by atomic mass is 79.9. The third-order valence-electron chi connectivity index (χ3n) is 3.36. The second-order valence-electron chi connectivity index (χ2n) is 4.50. The summed E-state index contributed by atoms with van der Waals surface area (Å²) in [5.74, 6) is -2.05. The van der Waals surface area contributed by atoms with Crippen LogP contribution < -0.4 is 4.90 Å². The summed E-state index contributed by atoms with van der Waals surface area (Å²) in [5, 5.41) is 0. The highest BCUT2D eigenvalue weighted by Gasteiger charge is 2.26. The number of hydrogen-bond acceptors (Lipinski definition) is 3. The Labute approximate surface area is 118 Å². The number of hydrogen-bond donors (Lipinski definition) is 0. The van der Waals surface area contributed by atoms with Crippen LogP contribution in [0.2, 0.25) is 0 Å². The zero-order valence-electron chi connectivity index (χ0n) is 10.5. The van der Waals surface area contributed by atoms with E-state index in [1.165, 1.54) is 13.2 Å². The van der Waals surface area contributed by atoms with Crippen molar-refractivity contribution in [2.24, 2.45) is 5.92 Å². The van der Waals surface area contributed by atoms with E-state index in [1.807, 2.05) is 4.90 Å². The van der Waals surface area contributed by atoms with E-state index in [2.05, 4.69) is 15.9 Å². The topological polar surface area (TPSA) is 29.5 Å². The van der Waals surface area contributed by atoms with Crippen LogP contribution in [0, 0.1) is 17.6 Å². The summed E-state index contributed by atoms with van der Waals surface area (Å²) in [4.78, 5) is 13.4. The minimum absolute atomic E-state index is 0.106. The molecule has 0 radical (unpaired) electrons. The first-order valence-electron chi connectivity index (χ1n) is 6.00. The molecule has 0 aliphatic carbocycles. The van der Waals surface area contributed by atoms with Crippen molar-refractivity contribution in [3.8, 4) is 0 Å². The molecule has 0 N–H and O–H groups in total. The number of ether oxygens (including phenoxy) is 1. The SMILES string of the molecule is COC(=O)C1CCN(c2cc(F)c(F)cc2Br)CC1. The van der Waals surface area contributed by atoms with Crippen LogP contribution in [0.1, 0.15) is 12.8 Å². The van der Waals surface area contributed by atoms with Crippen LogP contribution in [0.15, 0.2) is 16.6 Å². The van der Waals surface area contributed by atoms with Gasteiger partial charge in [0.25, 0.3) is 0 Å². The van der Waals surface area contributed by atoms with Crippen LogP contribution in [-0.4, -0.2) is 26.2 Å². The Balaban J connectivity index is 2.10. The molecular formula is C13H14BrF2NO2. The van der Waals surface area contributed by atoms with Crippen molar-refractivity contribution in [1.29, 1.82) is 0 Å². The lowest BCUT2D eigenvalue weighted by Gasteiger charge is -2.33. The summed E-state index contributed by atoms with van der Waals surface area (Å²) in [6.45, 7) is 1.23. The number of carbonyl (C=O) groups excluding carboxylic acids is 1. The largest absolute Gasteiger partial charge is 0.469 e. The minimum atomic E-state index is -0.875. The molecule has 0 amide bonds. The second-order valence-corrected chi connectivity index (χ2v) is 5.36. The maximum absolute atomic E-state index is 13.3. The highest BCUT2D eigenvalue weighted by Crippen LogP contribution is 2.32. The lowest BCUT2D eigenvalue weighted by atomic mass is 9.96. The first-order valence-corrected chi connectivity index (χ1v) is 6.79. The van der Waals surface area contributed by atoms with E-state index in [0.717, 1.165) is 6.07 Å². The van der Waals surface area contributed by atoms with Gasteiger partial charge in [0.1, 0.15) is 0 Å². The first-order chi connectivity index (χ1) is 9.02. The predicted molar refractivity (Wildman–Crippen MR) is 71.0 cm³/mol. The quantitative estimate of drug-likeness (QED) is 0.615. The molecule has 0 unspecified atom stereocenters. The molecule has 1 saturated heterocycles. The monoisotopic (exact) mass is 333 g/mol. The summed E-state index contributed by atoms with van der Waals surface area (Å²) >= 11 is 3.23. The van der Waals surface area contributed by atoms with E-state index in [-0.39, 0.29) is 11.9 Å². The Kier molecular flexibility index (Phi) is 4.39. The molecule has 1 fully saturated rings. The van der Waals surface area contributed by atoms with Gasteiger partial charge in [-0.1, -0.05) is 0 Å². The second kappa shape index (κ2) is 5.86. The van der Waals surface area contributed by atoms with E-state index in [4.69, 9.17) is 4.74 Å². The Morgan fingerprint density at radius 3 is 2.47 bits per heavy atom. The summed E-state index contributed by atoms with van der Waals surface area (Å²) in [7, 11) is 1.38. The molecule has 0 saturated carbocycles. The van der Waals surface area contributed by atoms with E-state index in [0.29, 0.717) is 36.1 Å². The molecule has 0 bridgehead atoms. The Morgan fingerprint density at radius 2 is 1.89 bits per heavy atom. The maximum atomic E-state index is 13.3. The van der Waals surface area contributed by atoms with E-state index in [9.17, 15) is 13.6 Å². The number of nitrogens with zero attached hydrogens (tertiary/aromatic N) is 1. The molecule has 1 aliphatic heterocycles. The van der Waals surface area contributed by atoms with Crippen LogP contribution in [0.3, 0.4) is 0 Å². The van der Waals surface area contributed by atoms with Crippen molar-refractivity contribution < 1.29 is 18.3 Å². The van der Waals surface area contributed by atoms with Crippen molar-refractivity contribution in [2.45, 2.75) is 12.8 Å². The summed E-state index contributed by atoms with van der Waals surface area (Å²) in [6, 6.07) is 2.30. The van der Waals surface area contributed by atoms with E-state index < -0.39 is 11.6 Å². The van der Waals surface area contributed by atoms with Gasteiger partial charge in [-0.2, -0.15) is 0 Å². The number of anilines is 1. The third kappa shape index (κ3) is 3.05. The third-order valence-corrected chi connectivity index (χ3v) is 4.00. The van der Waals surface area contributed by atoms with Gasteiger partial charge in [-0.3, -0.25) is 4.79 Å². The molecule has 1 heterocycles. The van der Waals surface area contributed by atoms with Gasteiger partial charge in [0.15, 0.2) is 11.6 Å². The number of esters is 1. The Hall–Kier alpha value is -1.17. The van der Waals surface area contributed by atoms with Gasteiger partial charge in [0.2, 0.25) is 0 Å². The molecule has 0 aromatic heterocycles. The van der Waals surface area contributed by atoms with Crippen molar-refractivity contribution in [1.82, 2.24) is 0 Å². The van der Waals surface area contributed by atoms with Crippen molar-refractivity contribution in [3.05, 3.63) is 28.2 Å². The summed E-state index contributed by atoms with van der Waals surface area (Å²) in [6.07, 6.45) is 1.30. The Morgan fingerprint density at radius 1 is 1.32 bits per heavy atom. The minimum Gasteiger partial charge on any atom is -0.469 e. The number of carbonyl (C=O) groups is 1. The zero-order valence-corrected chi connectivity index (χ0v) is 12.0. The number of benzene rings is 1. The zero-order chi connectivity index (χ0) is 14.0. The molecule has 6 heteroatoms. The predicted octanol–water partition coefficient (Wildman–Crippen LogP) is 3.12. The van der Waals surface area contributed by atoms with Crippen LogP contribution in [0.4, 0.5) is 14.5 Å². The van der Waals surface area contributed by atoms with Crippen LogP contribution >= 0.6 is 15.9 Å². The van der Waals surface area contributed by atoms with E-state index >= 15 is 0 Å². The fraction of sp³-hybridized carbons (Fsp3) is 0.462. The molecule has 1 aromatic carbocycles. The van der Waals surface area contributed by atoms with Crippen molar-refractivity contribution in [3.63, 3.8) is 0 Å². The normalized spacial score (nSPS) is 16.5. The van der Waals surface area contributed by atoms with Crippen molar-refractivity contribution >= 4 is 27.6 Å². The molecule has 1 aromatic rings. The molecule has 0 atom stereocenters. The van der Waals surface area contributed by atoms with Gasteiger partial charge in [-0.15, -0.1) is 0 Å². The molecule has 2 rings (SSSR count). The van der Waals surface area contributed by atoms with Crippen molar-refractivity contribution in [2.75, 3.05) is 25.1 Å². The van der Waals surface area contributed by atoms with Gasteiger partial charge in [0.05, 0.1) is 18.7 Å². The summed E-state index contributed by atoms with van der Waals surface area (Å²) in [5.41, 5.74) is 0.613. The molecule has 1 aliphatic rings. The molecule has 3 nitrogen and oxygen atoms in total. The molecule has 104 valence electrons. The molecule has 19 heavy (non-hydrogen) atoms. The number of methoxy groups -OCH3 is 1. The number of piperidine rings is 1. The smallest absolute Gasteiger partial charge is 0.308 e. The number of rotatable bonds is 2. The van der Waals surface area contributed by atoms with Gasteiger partial charge in [-0.25, -0.2) is 8.78 Å². The molecular weight excluding hydrogens is 320 g/mol. The summed E-state index contributed by atoms with van der Waals surface area (Å²) < 4.78 is 31.6. The average Bonchev–Trinajstić information content (AvgIpc) is 2.42. The van der Waals surface area contributed by atoms with Crippen LogP contribution in [0.25, 0.3) is 0 Å². The highest BCUT2D eigenvalue weighted by molar-refractivity contribution is 9.10. The first kappa shape index (κ1) is 14.2. The van der Waals surface area contributed by atoms with Crippen LogP contribution in [-0.2, 0) is 9.53 Å². The maximum Gasteiger partial charge on any atom is 0.308 e. The van der Waals surface area contributed by atoms with Gasteiger partial charge < -0.3 is 9.64 Å². The van der Waals surface area contributed by atoms with Gasteiger partial charge >= 0.3 is 5.97 Å². The van der Waals surface area contributed by atoms with E-state index in [1.54, 1.807) is 0 Å². The lowest BCUT2D eigenvalue weighted by molar-refractivity contribution is -0.146. The lowest BCUT2D eigenvalue weighted by Crippen LogP contribution is -2.37. The molecule has 0 spiro atoms. The fourth-order valence-corrected chi connectivity index (χ4v) is 2.84. The average molecular weight is 334 g/mol. The van der Waals surface area contributed by atoms with Crippen LogP contribution in [0.5, 0.6) is 0 Å². The standard InChI is InChI=1S/C13H14BrF2NO2/c1-19-13(18)8-2-4-17(5-3-8)12-7-11(16)10(15)6-9(12)14/h6-8H,2-5H2,1H3.